The Kier molecular flexibility index (Phi) is 2.05. The summed E-state index contributed by atoms with van der Waals surface area (Å²) in [5.41, 5.74) is 3.13. The van der Waals surface area contributed by atoms with Crippen molar-refractivity contribution < 1.29 is 4.79 Å². The highest BCUT2D eigenvalue weighted by Gasteiger charge is 2.09. The number of fused-ring (bicyclic) bond motifs is 3. The van der Waals surface area contributed by atoms with Crippen molar-refractivity contribution in [2.45, 2.75) is 6.92 Å². The van der Waals surface area contributed by atoms with E-state index in [-0.39, 0.29) is 5.78 Å². The molecular weight excluding hydrogens is 210 g/mol. The molecule has 3 aromatic rings. The number of hydrogen-bond acceptors (Lipinski definition) is 1. The quantitative estimate of drug-likeness (QED) is 0.578. The molecule has 0 aliphatic rings. The summed E-state index contributed by atoms with van der Waals surface area (Å²) in [6.45, 7) is 1.60. The maximum atomic E-state index is 11.4. The number of rotatable bonds is 1. The van der Waals surface area contributed by atoms with Crippen LogP contribution in [0, 0.1) is 0 Å². The summed E-state index contributed by atoms with van der Waals surface area (Å²) in [6.07, 6.45) is 0. The smallest absolute Gasteiger partial charge is 0.159 e. The largest absolute Gasteiger partial charge is 0.344 e. The average molecular weight is 223 g/mol. The molecule has 3 rings (SSSR count). The molecule has 0 N–H and O–H groups in total. The molecule has 0 saturated carbocycles. The summed E-state index contributed by atoms with van der Waals surface area (Å²) in [5, 5.41) is 2.35. The number of aromatic nitrogens is 1. The van der Waals surface area contributed by atoms with Crippen LogP contribution in [0.1, 0.15) is 17.3 Å². The van der Waals surface area contributed by atoms with Crippen LogP contribution in [0.2, 0.25) is 0 Å². The highest BCUT2D eigenvalue weighted by Crippen LogP contribution is 2.28. The lowest BCUT2D eigenvalue weighted by Gasteiger charge is -1.98. The molecule has 0 fully saturated rings. The van der Waals surface area contributed by atoms with Crippen LogP contribution >= 0.6 is 0 Å². The van der Waals surface area contributed by atoms with Crippen LogP contribution < -0.4 is 0 Å². The molecular formula is C15H13NO. The number of nitrogens with zero attached hydrogens (tertiary/aromatic N) is 1. The van der Waals surface area contributed by atoms with Gasteiger partial charge >= 0.3 is 0 Å². The van der Waals surface area contributed by atoms with E-state index in [1.54, 1.807) is 6.92 Å². The van der Waals surface area contributed by atoms with Crippen LogP contribution in [0.15, 0.2) is 42.5 Å². The Morgan fingerprint density at radius 3 is 2.47 bits per heavy atom. The lowest BCUT2D eigenvalue weighted by molar-refractivity contribution is 0.101. The van der Waals surface area contributed by atoms with E-state index in [4.69, 9.17) is 0 Å². The molecule has 0 bridgehead atoms. The first kappa shape index (κ1) is 10.1. The minimum absolute atomic E-state index is 0.111. The number of carbonyl (C=O) groups excluding carboxylic acids is 1. The van der Waals surface area contributed by atoms with Crippen LogP contribution in [0.5, 0.6) is 0 Å². The number of carbonyl (C=O) groups is 1. The predicted octanol–water partition coefficient (Wildman–Crippen LogP) is 3.53. The van der Waals surface area contributed by atoms with Gasteiger partial charge in [-0.15, -0.1) is 0 Å². The van der Waals surface area contributed by atoms with E-state index < -0.39 is 0 Å². The second-order valence-electron chi connectivity index (χ2n) is 4.36. The topological polar surface area (TPSA) is 22.0 Å². The summed E-state index contributed by atoms with van der Waals surface area (Å²) in [7, 11) is 2.05. The first-order chi connectivity index (χ1) is 8.18. The molecule has 0 saturated heterocycles. The van der Waals surface area contributed by atoms with Crippen molar-refractivity contribution in [3.05, 3.63) is 48.0 Å². The molecule has 0 unspecified atom stereocenters. The van der Waals surface area contributed by atoms with Gasteiger partial charge in [0.2, 0.25) is 0 Å². The molecule has 0 aliphatic heterocycles. The van der Waals surface area contributed by atoms with Crippen molar-refractivity contribution in [1.82, 2.24) is 4.57 Å². The molecule has 0 amide bonds. The van der Waals surface area contributed by atoms with Crippen molar-refractivity contribution in [2.75, 3.05) is 0 Å². The van der Waals surface area contributed by atoms with E-state index in [0.717, 1.165) is 16.5 Å². The number of ketones is 1. The standard InChI is InChI=1S/C15H13NO/c1-10(17)11-7-8-15-13(9-11)12-5-3-4-6-14(12)16(15)2/h3-9H,1-2H3. The van der Waals surface area contributed by atoms with Crippen molar-refractivity contribution >= 4 is 27.6 Å². The summed E-state index contributed by atoms with van der Waals surface area (Å²) in [5.74, 6) is 0.111. The van der Waals surface area contributed by atoms with Crippen LogP contribution in [0.4, 0.5) is 0 Å². The predicted molar refractivity (Wildman–Crippen MR) is 70.4 cm³/mol. The zero-order valence-electron chi connectivity index (χ0n) is 9.90. The van der Waals surface area contributed by atoms with Gasteiger partial charge in [-0.05, 0) is 31.2 Å². The Labute approximate surface area is 99.5 Å². The highest BCUT2D eigenvalue weighted by molar-refractivity contribution is 6.10. The van der Waals surface area contributed by atoms with Gasteiger partial charge in [0.05, 0.1) is 0 Å². The van der Waals surface area contributed by atoms with Crippen molar-refractivity contribution in [3.8, 4) is 0 Å². The van der Waals surface area contributed by atoms with Crippen LogP contribution in [0.3, 0.4) is 0 Å². The van der Waals surface area contributed by atoms with E-state index in [2.05, 4.69) is 23.7 Å². The van der Waals surface area contributed by atoms with Crippen LogP contribution in [-0.4, -0.2) is 10.4 Å². The Bertz CT molecular complexity index is 737. The molecule has 1 heterocycles. The van der Waals surface area contributed by atoms with Crippen LogP contribution in [-0.2, 0) is 7.05 Å². The summed E-state index contributed by atoms with van der Waals surface area (Å²) >= 11 is 0. The normalized spacial score (nSPS) is 11.2. The number of benzene rings is 2. The van der Waals surface area contributed by atoms with Gasteiger partial charge in [0.15, 0.2) is 5.78 Å². The monoisotopic (exact) mass is 223 g/mol. The van der Waals surface area contributed by atoms with Gasteiger partial charge in [0.25, 0.3) is 0 Å². The minimum Gasteiger partial charge on any atom is -0.344 e. The Hall–Kier alpha value is -2.09. The number of Topliss-reactive ketones (excluding diaryl/α,β-unsaturated/α-hetero) is 1. The van der Waals surface area contributed by atoms with Gasteiger partial charge in [0, 0.05) is 34.4 Å². The third-order valence-corrected chi connectivity index (χ3v) is 3.32. The third-order valence-electron chi connectivity index (χ3n) is 3.32. The third kappa shape index (κ3) is 1.37. The van der Waals surface area contributed by atoms with E-state index >= 15 is 0 Å². The first-order valence-electron chi connectivity index (χ1n) is 5.66. The van der Waals surface area contributed by atoms with Crippen molar-refractivity contribution in [3.63, 3.8) is 0 Å². The highest BCUT2D eigenvalue weighted by atomic mass is 16.1. The molecule has 2 heteroatoms. The lowest BCUT2D eigenvalue weighted by atomic mass is 10.1. The number of aryl methyl sites for hydroxylation is 1. The average Bonchev–Trinajstić information content (AvgIpc) is 2.64. The van der Waals surface area contributed by atoms with Gasteiger partial charge in [-0.1, -0.05) is 18.2 Å². The van der Waals surface area contributed by atoms with Gasteiger partial charge in [0.1, 0.15) is 0 Å². The molecule has 2 aromatic carbocycles. The first-order valence-corrected chi connectivity index (χ1v) is 5.66. The van der Waals surface area contributed by atoms with Crippen LogP contribution in [0.25, 0.3) is 21.8 Å². The van der Waals surface area contributed by atoms with E-state index in [9.17, 15) is 4.79 Å². The van der Waals surface area contributed by atoms with Gasteiger partial charge in [-0.25, -0.2) is 0 Å². The Balaban J connectivity index is 2.50. The number of para-hydroxylation sites is 1. The van der Waals surface area contributed by atoms with Gasteiger partial charge in [-0.2, -0.15) is 0 Å². The molecule has 0 spiro atoms. The molecule has 17 heavy (non-hydrogen) atoms. The molecule has 2 nitrogen and oxygen atoms in total. The zero-order valence-corrected chi connectivity index (χ0v) is 9.90. The van der Waals surface area contributed by atoms with Gasteiger partial charge in [-0.3, -0.25) is 4.79 Å². The second kappa shape index (κ2) is 3.45. The molecule has 1 aromatic heterocycles. The second-order valence-corrected chi connectivity index (χ2v) is 4.36. The van der Waals surface area contributed by atoms with E-state index in [0.29, 0.717) is 0 Å². The fraction of sp³-hybridized carbons (Fsp3) is 0.133. The SMILES string of the molecule is CC(=O)c1ccc2c(c1)c1ccccc1n2C. The maximum Gasteiger partial charge on any atom is 0.159 e. The molecule has 0 aliphatic carbocycles. The summed E-state index contributed by atoms with van der Waals surface area (Å²) in [4.78, 5) is 11.4. The Morgan fingerprint density at radius 1 is 1.00 bits per heavy atom. The zero-order chi connectivity index (χ0) is 12.0. The number of hydrogen-bond donors (Lipinski definition) is 0. The summed E-state index contributed by atoms with van der Waals surface area (Å²) < 4.78 is 2.16. The van der Waals surface area contributed by atoms with Crippen molar-refractivity contribution in [1.29, 1.82) is 0 Å². The fourth-order valence-electron chi connectivity index (χ4n) is 2.39. The van der Waals surface area contributed by atoms with Crippen molar-refractivity contribution in [2.24, 2.45) is 7.05 Å². The van der Waals surface area contributed by atoms with E-state index in [1.807, 2.05) is 30.3 Å². The molecule has 0 radical (unpaired) electrons. The lowest BCUT2D eigenvalue weighted by Crippen LogP contribution is -1.91. The summed E-state index contributed by atoms with van der Waals surface area (Å²) in [6, 6.07) is 14.2. The minimum atomic E-state index is 0.111. The molecule has 84 valence electrons. The fourth-order valence-corrected chi connectivity index (χ4v) is 2.39. The van der Waals surface area contributed by atoms with Gasteiger partial charge < -0.3 is 4.57 Å². The Morgan fingerprint density at radius 2 is 1.71 bits per heavy atom. The molecule has 0 atom stereocenters. The maximum absolute atomic E-state index is 11.4. The van der Waals surface area contributed by atoms with E-state index in [1.165, 1.54) is 10.9 Å².